The van der Waals surface area contributed by atoms with Gasteiger partial charge in [0.05, 0.1) is 11.1 Å². The second-order valence-electron chi connectivity index (χ2n) is 3.76. The highest BCUT2D eigenvalue weighted by Crippen LogP contribution is 2.35. The maximum atomic E-state index is 6.10. The number of aryl methyl sites for hydroxylation is 1. The van der Waals surface area contributed by atoms with E-state index in [-0.39, 0.29) is 0 Å². The van der Waals surface area contributed by atoms with Gasteiger partial charge in [-0.05, 0) is 31.4 Å². The summed E-state index contributed by atoms with van der Waals surface area (Å²) >= 11 is 6.10. The van der Waals surface area contributed by atoms with Gasteiger partial charge < -0.3 is 10.5 Å². The van der Waals surface area contributed by atoms with Gasteiger partial charge in [0.2, 0.25) is 0 Å². The molecule has 1 aromatic carbocycles. The molecule has 1 aliphatic rings. The minimum absolute atomic E-state index is 0.362. The molecule has 2 rings (SSSR count). The van der Waals surface area contributed by atoms with Crippen molar-refractivity contribution in [3.63, 3.8) is 0 Å². The predicted octanol–water partition coefficient (Wildman–Crippen LogP) is 2.65. The van der Waals surface area contributed by atoms with Gasteiger partial charge in [0, 0.05) is 12.1 Å². The van der Waals surface area contributed by atoms with Crippen LogP contribution in [0.15, 0.2) is 12.1 Å². The van der Waals surface area contributed by atoms with Crippen molar-refractivity contribution in [1.29, 1.82) is 0 Å². The van der Waals surface area contributed by atoms with Crippen LogP contribution in [0.5, 0.6) is 5.75 Å². The molecule has 1 aromatic rings. The van der Waals surface area contributed by atoms with Crippen LogP contribution in [0.4, 0.5) is 0 Å². The van der Waals surface area contributed by atoms with Crippen LogP contribution >= 0.6 is 11.6 Å². The first kappa shape index (κ1) is 9.81. The van der Waals surface area contributed by atoms with Gasteiger partial charge >= 0.3 is 0 Å². The minimum Gasteiger partial charge on any atom is -0.489 e. The third-order valence-corrected chi connectivity index (χ3v) is 2.57. The zero-order valence-electron chi connectivity index (χ0n) is 8.22. The molecular weight excluding hydrogens is 198 g/mol. The van der Waals surface area contributed by atoms with Crippen LogP contribution in [0.2, 0.25) is 5.02 Å². The molecule has 1 fully saturated rings. The van der Waals surface area contributed by atoms with E-state index in [0.717, 1.165) is 29.7 Å². The van der Waals surface area contributed by atoms with E-state index < -0.39 is 0 Å². The van der Waals surface area contributed by atoms with Gasteiger partial charge in [0.1, 0.15) is 5.75 Å². The molecule has 2 N–H and O–H groups in total. The fraction of sp³-hybridized carbons (Fsp3) is 0.455. The Morgan fingerprint density at radius 3 is 2.79 bits per heavy atom. The Hall–Kier alpha value is -0.730. The molecule has 0 spiro atoms. The first-order valence-electron chi connectivity index (χ1n) is 4.86. The van der Waals surface area contributed by atoms with Crippen molar-refractivity contribution in [2.75, 3.05) is 0 Å². The highest BCUT2D eigenvalue weighted by molar-refractivity contribution is 6.32. The molecule has 1 saturated carbocycles. The summed E-state index contributed by atoms with van der Waals surface area (Å²) in [5, 5.41) is 0.678. The SMILES string of the molecule is Cc1cc(Cl)c(OC2CC2)c(CN)c1. The lowest BCUT2D eigenvalue weighted by atomic mass is 10.1. The van der Waals surface area contributed by atoms with E-state index >= 15 is 0 Å². The van der Waals surface area contributed by atoms with E-state index in [1.54, 1.807) is 0 Å². The topological polar surface area (TPSA) is 35.2 Å². The Bertz CT molecular complexity index is 347. The lowest BCUT2D eigenvalue weighted by molar-refractivity contribution is 0.300. The van der Waals surface area contributed by atoms with Crippen molar-refractivity contribution in [2.24, 2.45) is 5.73 Å². The third-order valence-electron chi connectivity index (χ3n) is 2.29. The Balaban J connectivity index is 2.33. The predicted molar refractivity (Wildman–Crippen MR) is 57.7 cm³/mol. The van der Waals surface area contributed by atoms with E-state index in [2.05, 4.69) is 0 Å². The monoisotopic (exact) mass is 211 g/mol. The number of benzene rings is 1. The van der Waals surface area contributed by atoms with Gasteiger partial charge in [-0.3, -0.25) is 0 Å². The van der Waals surface area contributed by atoms with Gasteiger partial charge in [-0.15, -0.1) is 0 Å². The maximum absolute atomic E-state index is 6.10. The van der Waals surface area contributed by atoms with Crippen molar-refractivity contribution >= 4 is 11.6 Å². The molecule has 0 aromatic heterocycles. The second-order valence-corrected chi connectivity index (χ2v) is 4.16. The van der Waals surface area contributed by atoms with E-state index in [0.29, 0.717) is 17.7 Å². The number of hydrogen-bond acceptors (Lipinski definition) is 2. The minimum atomic E-state index is 0.362. The smallest absolute Gasteiger partial charge is 0.142 e. The van der Waals surface area contributed by atoms with E-state index in [1.807, 2.05) is 19.1 Å². The molecule has 0 unspecified atom stereocenters. The molecule has 0 radical (unpaired) electrons. The highest BCUT2D eigenvalue weighted by atomic mass is 35.5. The lowest BCUT2D eigenvalue weighted by Gasteiger charge is -2.12. The maximum Gasteiger partial charge on any atom is 0.142 e. The van der Waals surface area contributed by atoms with Crippen molar-refractivity contribution in [3.8, 4) is 5.75 Å². The molecule has 0 amide bonds. The van der Waals surface area contributed by atoms with E-state index in [4.69, 9.17) is 22.1 Å². The summed E-state index contributed by atoms with van der Waals surface area (Å²) in [7, 11) is 0. The van der Waals surface area contributed by atoms with Crippen LogP contribution in [0.1, 0.15) is 24.0 Å². The highest BCUT2D eigenvalue weighted by Gasteiger charge is 2.25. The Morgan fingerprint density at radius 2 is 2.21 bits per heavy atom. The fourth-order valence-electron chi connectivity index (χ4n) is 1.44. The Labute approximate surface area is 89.0 Å². The molecular formula is C11H14ClNO. The van der Waals surface area contributed by atoms with Crippen LogP contribution in [-0.4, -0.2) is 6.10 Å². The summed E-state index contributed by atoms with van der Waals surface area (Å²) in [6.07, 6.45) is 2.63. The summed E-state index contributed by atoms with van der Waals surface area (Å²) in [5.74, 6) is 0.780. The lowest BCUT2D eigenvalue weighted by Crippen LogP contribution is -2.04. The third kappa shape index (κ3) is 2.02. The summed E-state index contributed by atoms with van der Waals surface area (Å²) in [5.41, 5.74) is 7.77. The van der Waals surface area contributed by atoms with Crippen LogP contribution in [-0.2, 0) is 6.54 Å². The van der Waals surface area contributed by atoms with Crippen LogP contribution in [0.3, 0.4) is 0 Å². The number of hydrogen-bond donors (Lipinski definition) is 1. The standard InChI is InChI=1S/C11H14ClNO/c1-7-4-8(6-13)11(10(12)5-7)14-9-2-3-9/h4-5,9H,2-3,6,13H2,1H3. The molecule has 0 atom stereocenters. The average Bonchev–Trinajstić information content (AvgIpc) is 2.93. The number of nitrogens with two attached hydrogens (primary N) is 1. The molecule has 0 bridgehead atoms. The van der Waals surface area contributed by atoms with Crippen molar-refractivity contribution in [2.45, 2.75) is 32.4 Å². The Kier molecular flexibility index (Phi) is 2.66. The van der Waals surface area contributed by atoms with Crippen LogP contribution < -0.4 is 10.5 Å². The quantitative estimate of drug-likeness (QED) is 0.835. The molecule has 2 nitrogen and oxygen atoms in total. The zero-order chi connectivity index (χ0) is 10.1. The Morgan fingerprint density at radius 1 is 1.50 bits per heavy atom. The average molecular weight is 212 g/mol. The van der Waals surface area contributed by atoms with E-state index in [1.165, 1.54) is 0 Å². The normalized spacial score (nSPS) is 15.6. The number of ether oxygens (including phenoxy) is 1. The zero-order valence-corrected chi connectivity index (χ0v) is 8.97. The van der Waals surface area contributed by atoms with Crippen molar-refractivity contribution < 1.29 is 4.74 Å². The van der Waals surface area contributed by atoms with E-state index in [9.17, 15) is 0 Å². The number of halogens is 1. The molecule has 3 heteroatoms. The fourth-order valence-corrected chi connectivity index (χ4v) is 1.78. The molecule has 0 aliphatic heterocycles. The molecule has 0 saturated heterocycles. The molecule has 76 valence electrons. The van der Waals surface area contributed by atoms with Gasteiger partial charge in [-0.25, -0.2) is 0 Å². The van der Waals surface area contributed by atoms with Gasteiger partial charge in [0.15, 0.2) is 0 Å². The summed E-state index contributed by atoms with van der Waals surface area (Å²) in [4.78, 5) is 0. The number of rotatable bonds is 3. The van der Waals surface area contributed by atoms with Gasteiger partial charge in [-0.1, -0.05) is 17.7 Å². The first-order chi connectivity index (χ1) is 6.70. The molecule has 0 heterocycles. The van der Waals surface area contributed by atoms with Crippen LogP contribution in [0, 0.1) is 6.92 Å². The van der Waals surface area contributed by atoms with Crippen LogP contribution in [0.25, 0.3) is 0 Å². The van der Waals surface area contributed by atoms with Gasteiger partial charge in [-0.2, -0.15) is 0 Å². The molecule has 1 aliphatic carbocycles. The second kappa shape index (κ2) is 3.79. The van der Waals surface area contributed by atoms with Crippen molar-refractivity contribution in [1.82, 2.24) is 0 Å². The first-order valence-corrected chi connectivity index (χ1v) is 5.24. The summed E-state index contributed by atoms with van der Waals surface area (Å²) < 4.78 is 5.72. The van der Waals surface area contributed by atoms with Gasteiger partial charge in [0.25, 0.3) is 0 Å². The largest absolute Gasteiger partial charge is 0.489 e. The molecule has 14 heavy (non-hydrogen) atoms. The summed E-state index contributed by atoms with van der Waals surface area (Å²) in [6, 6.07) is 3.95. The summed E-state index contributed by atoms with van der Waals surface area (Å²) in [6.45, 7) is 2.48. The van der Waals surface area contributed by atoms with Crippen molar-refractivity contribution in [3.05, 3.63) is 28.3 Å².